The molecule has 19 heteroatoms. The lowest BCUT2D eigenvalue weighted by Crippen LogP contribution is -2.09. The van der Waals surface area contributed by atoms with E-state index in [9.17, 15) is 0 Å². The molecule has 1 atom stereocenters. The van der Waals surface area contributed by atoms with Crippen LogP contribution in [0.15, 0.2) is 170 Å². The van der Waals surface area contributed by atoms with Crippen molar-refractivity contribution in [1.82, 2.24) is 19.5 Å². The normalized spacial score (nSPS) is 11.8. The summed E-state index contributed by atoms with van der Waals surface area (Å²) in [6.07, 6.45) is 5.93. The van der Waals surface area contributed by atoms with Crippen molar-refractivity contribution >= 4 is 218 Å². The molecule has 0 aliphatic rings. The minimum Gasteiger partial charge on any atom is -0.355 e. The van der Waals surface area contributed by atoms with E-state index in [4.69, 9.17) is 174 Å². The topological polar surface area (TPSA) is 46.5 Å². The summed E-state index contributed by atoms with van der Waals surface area (Å²) in [6, 6.07) is 46.4. The monoisotopic (exact) mass is 1330 g/mol. The van der Waals surface area contributed by atoms with Crippen molar-refractivity contribution in [3.8, 4) is 5.69 Å². The van der Waals surface area contributed by atoms with Gasteiger partial charge < -0.3 is 9.55 Å². The number of nitrogens with zero attached hydrogens (tertiary/aromatic N) is 3. The van der Waals surface area contributed by atoms with Crippen LogP contribution in [0.1, 0.15) is 45.2 Å². The Morgan fingerprint density at radius 2 is 0.544 bits per heavy atom. The van der Waals surface area contributed by atoms with E-state index in [1.807, 2.05) is 36.4 Å². The summed E-state index contributed by atoms with van der Waals surface area (Å²) in [4.78, 5) is 11.5. The number of H-pyrrole nitrogens is 1. The van der Waals surface area contributed by atoms with Gasteiger partial charge in [0.05, 0.1) is 31.1 Å². The number of para-hydroxylation sites is 4. The number of hydrogen-bond acceptors (Lipinski definition) is 2. The van der Waals surface area contributed by atoms with Gasteiger partial charge in [-0.05, 0) is 72.8 Å². The Hall–Kier alpha value is -3.99. The van der Waals surface area contributed by atoms with E-state index < -0.39 is 11.8 Å². The van der Waals surface area contributed by atoms with Crippen molar-refractivity contribution in [3.05, 3.63) is 279 Å². The highest BCUT2D eigenvalue weighted by Gasteiger charge is 2.33. The number of benzene rings is 8. The smallest absolute Gasteiger partial charge is 0.0645 e. The Kier molecular flexibility index (Phi) is 18.3. The molecule has 0 bridgehead atoms. The standard InChI is InChI=1S/C30H15Cl7N2.C18H7Cl8N.C12H9N/c31-15-9-19(32)27(20(33)10-15)30(29-23(36)13-38-14-24(29)37)28-21(34)11-16(12-22(28)35)39-25-7-3-1-5-17(25)18-6-2-4-8-26(18)39;19-7-1-9(21)15(10(22)2-7)18(17-13(25)5-27-6-14(17)26)16-11(23)3-8(20)4-12(16)24;1-3-7-11-9(5-1)10-6-2-4-8-12(10)13-11/h1-14,30H;1-6,18H;1-8,13H. The summed E-state index contributed by atoms with van der Waals surface area (Å²) in [5.41, 5.74) is 8.37. The molecule has 0 saturated carbocycles. The minimum atomic E-state index is -0.711. The second kappa shape index (κ2) is 24.8. The quantitative estimate of drug-likeness (QED) is 0.173. The third-order valence-corrected chi connectivity index (χ3v) is 17.3. The highest BCUT2D eigenvalue weighted by atomic mass is 35.5. The number of nitrogens with one attached hydrogen (secondary N) is 1. The lowest BCUT2D eigenvalue weighted by molar-refractivity contribution is 0.969. The van der Waals surface area contributed by atoms with Crippen molar-refractivity contribution in [2.75, 3.05) is 0 Å². The lowest BCUT2D eigenvalue weighted by atomic mass is 9.85. The molecular weight excluding hydrogens is 1310 g/mol. The van der Waals surface area contributed by atoms with E-state index in [1.54, 1.807) is 36.4 Å². The molecule has 4 aromatic heterocycles. The maximum Gasteiger partial charge on any atom is 0.0645 e. The molecule has 396 valence electrons. The first-order valence-electron chi connectivity index (χ1n) is 23.4. The number of halogens is 15. The summed E-state index contributed by atoms with van der Waals surface area (Å²) in [5.74, 6) is -1.39. The van der Waals surface area contributed by atoms with Crippen molar-refractivity contribution in [2.45, 2.75) is 11.8 Å². The number of rotatable bonds is 7. The van der Waals surface area contributed by atoms with Gasteiger partial charge in [-0.15, -0.1) is 0 Å². The van der Waals surface area contributed by atoms with Crippen LogP contribution < -0.4 is 0 Å². The fourth-order valence-electron chi connectivity index (χ4n) is 9.72. The van der Waals surface area contributed by atoms with Crippen molar-refractivity contribution in [3.63, 3.8) is 0 Å². The molecule has 0 saturated heterocycles. The Labute approximate surface area is 528 Å². The fraction of sp³-hybridized carbons (Fsp3) is 0.0333. The van der Waals surface area contributed by atoms with Gasteiger partial charge in [-0.25, -0.2) is 0 Å². The SMILES string of the molecule is Clc1cc(Cl)c(C(c2c(Cl)cncc2Cl)c2c(Cl)cc(-n3c4ccccc4c4ccccc43)cc2Cl)c(Cl)c1.Clc1cc(Cl)c(C(c2c(Cl)cncc2Cl)c2c(Cl)cc(Cl)cc2Cl)c(Cl)c1.c1ccc2c(c1)[nH]c1ccccc12. The summed E-state index contributed by atoms with van der Waals surface area (Å²) >= 11 is 98.1. The number of fused-ring (bicyclic) bond motifs is 6. The van der Waals surface area contributed by atoms with E-state index in [2.05, 4.69) is 92.3 Å². The van der Waals surface area contributed by atoms with E-state index in [1.165, 1.54) is 46.6 Å². The average Bonchev–Trinajstić information content (AvgIpc) is 4.19. The molecule has 79 heavy (non-hydrogen) atoms. The Bertz CT molecular complexity index is 4030. The molecule has 0 aliphatic heterocycles. The summed E-state index contributed by atoms with van der Waals surface area (Å²) in [7, 11) is 0. The molecule has 0 radical (unpaired) electrons. The molecule has 12 rings (SSSR count). The zero-order valence-corrected chi connectivity index (χ0v) is 51.2. The Morgan fingerprint density at radius 1 is 0.291 bits per heavy atom. The first-order chi connectivity index (χ1) is 37.9. The first-order valence-corrected chi connectivity index (χ1v) is 29.0. The van der Waals surface area contributed by atoms with Gasteiger partial charge >= 0.3 is 0 Å². The first kappa shape index (κ1) is 58.2. The van der Waals surface area contributed by atoms with Gasteiger partial charge in [-0.1, -0.05) is 247 Å². The third kappa shape index (κ3) is 11.8. The molecule has 4 heterocycles. The molecule has 8 aromatic carbocycles. The van der Waals surface area contributed by atoms with Crippen LogP contribution in [0.2, 0.25) is 75.3 Å². The van der Waals surface area contributed by atoms with E-state index >= 15 is 0 Å². The highest BCUT2D eigenvalue weighted by Crippen LogP contribution is 2.52. The number of pyridine rings is 2. The van der Waals surface area contributed by atoms with Crippen LogP contribution in [0.4, 0.5) is 0 Å². The van der Waals surface area contributed by atoms with Crippen LogP contribution in [0, 0.1) is 0 Å². The van der Waals surface area contributed by atoms with Crippen molar-refractivity contribution in [1.29, 1.82) is 0 Å². The second-order valence-electron chi connectivity index (χ2n) is 17.7. The van der Waals surface area contributed by atoms with Crippen LogP contribution in [0.5, 0.6) is 0 Å². The Balaban J connectivity index is 0.000000151. The van der Waals surface area contributed by atoms with E-state index in [0.717, 1.165) is 27.5 Å². The number of hydrogen-bond donors (Lipinski definition) is 1. The minimum absolute atomic E-state index is 0.302. The van der Waals surface area contributed by atoms with Crippen LogP contribution >= 0.6 is 174 Å². The molecular formula is C60H31Cl15N4. The fourth-order valence-corrected chi connectivity index (χ4v) is 14.7. The van der Waals surface area contributed by atoms with E-state index in [-0.39, 0.29) is 0 Å². The molecule has 12 aromatic rings. The number of aromatic nitrogens is 4. The van der Waals surface area contributed by atoms with Gasteiger partial charge in [0, 0.05) is 164 Å². The van der Waals surface area contributed by atoms with Gasteiger partial charge in [-0.3, -0.25) is 9.97 Å². The maximum absolute atomic E-state index is 7.08. The van der Waals surface area contributed by atoms with Crippen LogP contribution in [-0.2, 0) is 0 Å². The van der Waals surface area contributed by atoms with Gasteiger partial charge in [-0.2, -0.15) is 0 Å². The molecule has 0 fully saturated rings. The maximum atomic E-state index is 7.08. The molecule has 1 N–H and O–H groups in total. The molecule has 0 amide bonds. The van der Waals surface area contributed by atoms with Gasteiger partial charge in [0.25, 0.3) is 0 Å². The van der Waals surface area contributed by atoms with Crippen molar-refractivity contribution < 1.29 is 0 Å². The largest absolute Gasteiger partial charge is 0.355 e. The van der Waals surface area contributed by atoms with Crippen molar-refractivity contribution in [2.24, 2.45) is 0 Å². The second-order valence-corrected chi connectivity index (χ2v) is 23.9. The van der Waals surface area contributed by atoms with Gasteiger partial charge in [0.15, 0.2) is 0 Å². The third-order valence-electron chi connectivity index (χ3n) is 13.0. The van der Waals surface area contributed by atoms with E-state index in [0.29, 0.717) is 109 Å². The summed E-state index contributed by atoms with van der Waals surface area (Å²) < 4.78 is 2.13. The average molecular weight is 1340 g/mol. The van der Waals surface area contributed by atoms with Gasteiger partial charge in [0.1, 0.15) is 0 Å². The summed E-state index contributed by atoms with van der Waals surface area (Å²) in [6.45, 7) is 0. The zero-order valence-electron chi connectivity index (χ0n) is 39.8. The predicted molar refractivity (Wildman–Crippen MR) is 341 cm³/mol. The van der Waals surface area contributed by atoms with Crippen LogP contribution in [0.25, 0.3) is 49.3 Å². The lowest BCUT2D eigenvalue weighted by Gasteiger charge is -2.26. The molecule has 1 unspecified atom stereocenters. The van der Waals surface area contributed by atoms with Crippen LogP contribution in [-0.4, -0.2) is 19.5 Å². The Morgan fingerprint density at radius 3 is 0.861 bits per heavy atom. The summed E-state index contributed by atoms with van der Waals surface area (Å²) in [5, 5.41) is 9.88. The molecule has 4 nitrogen and oxygen atoms in total. The number of aromatic amines is 1. The molecule has 0 aliphatic carbocycles. The van der Waals surface area contributed by atoms with Gasteiger partial charge in [0.2, 0.25) is 0 Å². The predicted octanol–water partition coefficient (Wildman–Crippen LogP) is 24.7. The molecule has 0 spiro atoms. The van der Waals surface area contributed by atoms with Crippen LogP contribution in [0.3, 0.4) is 0 Å². The zero-order chi connectivity index (χ0) is 56.0. The highest BCUT2D eigenvalue weighted by molar-refractivity contribution is 6.43.